The van der Waals surface area contributed by atoms with Crippen LogP contribution in [0.2, 0.25) is 0 Å². The van der Waals surface area contributed by atoms with Crippen molar-refractivity contribution in [1.29, 1.82) is 0 Å². The molecule has 1 atom stereocenters. The smallest absolute Gasteiger partial charge is 0.0695 e. The van der Waals surface area contributed by atoms with E-state index in [0.717, 1.165) is 12.2 Å². The maximum Gasteiger partial charge on any atom is 0.0695 e. The third kappa shape index (κ3) is 3.20. The molecule has 1 aromatic heterocycles. The van der Waals surface area contributed by atoms with E-state index in [1.54, 1.807) is 0 Å². The molecule has 3 heteroatoms. The zero-order valence-electron chi connectivity index (χ0n) is 11.1. The molecule has 1 unspecified atom stereocenters. The van der Waals surface area contributed by atoms with E-state index < -0.39 is 0 Å². The molecule has 96 valence electrons. The Balaban J connectivity index is 2.05. The molecular formula is C15H21N3. The van der Waals surface area contributed by atoms with Crippen molar-refractivity contribution in [2.75, 3.05) is 0 Å². The minimum atomic E-state index is 0.550. The second-order valence-corrected chi connectivity index (χ2v) is 4.71. The largest absolute Gasteiger partial charge is 0.310 e. The SMILES string of the molecule is CCCC(C)NCc1cn[nH]c1-c1ccccc1. The second kappa shape index (κ2) is 6.36. The molecule has 2 aromatic rings. The predicted octanol–water partition coefficient (Wildman–Crippen LogP) is 3.35. The van der Waals surface area contributed by atoms with Crippen LogP contribution in [-0.2, 0) is 6.54 Å². The molecule has 0 amide bonds. The number of hydrogen-bond donors (Lipinski definition) is 2. The van der Waals surface area contributed by atoms with E-state index in [1.807, 2.05) is 24.4 Å². The lowest BCUT2D eigenvalue weighted by Gasteiger charge is -2.12. The summed E-state index contributed by atoms with van der Waals surface area (Å²) < 4.78 is 0. The molecule has 2 rings (SSSR count). The van der Waals surface area contributed by atoms with Gasteiger partial charge < -0.3 is 5.32 Å². The van der Waals surface area contributed by atoms with Gasteiger partial charge in [-0.3, -0.25) is 5.10 Å². The number of aromatic nitrogens is 2. The third-order valence-electron chi connectivity index (χ3n) is 3.14. The van der Waals surface area contributed by atoms with Crippen molar-refractivity contribution >= 4 is 0 Å². The Bertz CT molecular complexity index is 462. The van der Waals surface area contributed by atoms with Crippen LogP contribution in [0, 0.1) is 0 Å². The van der Waals surface area contributed by atoms with Crippen LogP contribution in [0.5, 0.6) is 0 Å². The number of aromatic amines is 1. The minimum Gasteiger partial charge on any atom is -0.310 e. The number of H-pyrrole nitrogens is 1. The zero-order valence-corrected chi connectivity index (χ0v) is 11.1. The highest BCUT2D eigenvalue weighted by molar-refractivity contribution is 5.62. The Kier molecular flexibility index (Phi) is 4.53. The van der Waals surface area contributed by atoms with Gasteiger partial charge in [0, 0.05) is 18.2 Å². The van der Waals surface area contributed by atoms with E-state index in [2.05, 4.69) is 41.5 Å². The molecule has 1 aromatic carbocycles. The second-order valence-electron chi connectivity index (χ2n) is 4.71. The van der Waals surface area contributed by atoms with E-state index in [9.17, 15) is 0 Å². The Hall–Kier alpha value is -1.61. The normalized spacial score (nSPS) is 12.6. The van der Waals surface area contributed by atoms with Crippen LogP contribution < -0.4 is 5.32 Å². The summed E-state index contributed by atoms with van der Waals surface area (Å²) >= 11 is 0. The van der Waals surface area contributed by atoms with Crippen molar-refractivity contribution in [3.63, 3.8) is 0 Å². The summed E-state index contributed by atoms with van der Waals surface area (Å²) in [6.45, 7) is 5.30. The fourth-order valence-corrected chi connectivity index (χ4v) is 2.12. The average molecular weight is 243 g/mol. The first-order valence-corrected chi connectivity index (χ1v) is 6.62. The summed E-state index contributed by atoms with van der Waals surface area (Å²) in [5.74, 6) is 0. The Labute approximate surface area is 109 Å². The summed E-state index contributed by atoms with van der Waals surface area (Å²) in [6.07, 6.45) is 4.33. The Morgan fingerprint density at radius 2 is 2.06 bits per heavy atom. The van der Waals surface area contributed by atoms with Crippen LogP contribution in [0.15, 0.2) is 36.5 Å². The molecule has 0 saturated heterocycles. The molecule has 0 aliphatic rings. The van der Waals surface area contributed by atoms with Crippen LogP contribution in [-0.4, -0.2) is 16.2 Å². The molecule has 1 heterocycles. The van der Waals surface area contributed by atoms with Crippen molar-refractivity contribution in [3.8, 4) is 11.3 Å². The van der Waals surface area contributed by atoms with E-state index in [-0.39, 0.29) is 0 Å². The fraction of sp³-hybridized carbons (Fsp3) is 0.400. The molecule has 0 aliphatic heterocycles. The monoisotopic (exact) mass is 243 g/mol. The zero-order chi connectivity index (χ0) is 12.8. The molecule has 0 spiro atoms. The van der Waals surface area contributed by atoms with Gasteiger partial charge in [0.1, 0.15) is 0 Å². The molecule has 0 saturated carbocycles. The summed E-state index contributed by atoms with van der Waals surface area (Å²) in [5.41, 5.74) is 3.53. The highest BCUT2D eigenvalue weighted by atomic mass is 15.1. The summed E-state index contributed by atoms with van der Waals surface area (Å²) in [4.78, 5) is 0. The van der Waals surface area contributed by atoms with Gasteiger partial charge in [-0.05, 0) is 18.9 Å². The van der Waals surface area contributed by atoms with Gasteiger partial charge in [0.2, 0.25) is 0 Å². The standard InChI is InChI=1S/C15H21N3/c1-3-7-12(2)16-10-14-11-17-18-15(14)13-8-5-4-6-9-13/h4-6,8-9,11-12,16H,3,7,10H2,1-2H3,(H,17,18). The average Bonchev–Trinajstić information content (AvgIpc) is 2.86. The maximum absolute atomic E-state index is 4.16. The molecule has 0 radical (unpaired) electrons. The van der Waals surface area contributed by atoms with Gasteiger partial charge in [0.25, 0.3) is 0 Å². The summed E-state index contributed by atoms with van der Waals surface area (Å²) in [5, 5.41) is 10.8. The maximum atomic E-state index is 4.16. The number of nitrogens with one attached hydrogen (secondary N) is 2. The minimum absolute atomic E-state index is 0.550. The summed E-state index contributed by atoms with van der Waals surface area (Å²) in [6, 6.07) is 10.9. The lowest BCUT2D eigenvalue weighted by atomic mass is 10.1. The molecule has 0 bridgehead atoms. The third-order valence-corrected chi connectivity index (χ3v) is 3.14. The lowest BCUT2D eigenvalue weighted by molar-refractivity contribution is 0.509. The first-order chi connectivity index (χ1) is 8.81. The quantitative estimate of drug-likeness (QED) is 0.816. The van der Waals surface area contributed by atoms with Gasteiger partial charge in [-0.1, -0.05) is 43.7 Å². The van der Waals surface area contributed by atoms with Crippen molar-refractivity contribution in [2.24, 2.45) is 0 Å². The van der Waals surface area contributed by atoms with Gasteiger partial charge in [0.05, 0.1) is 11.9 Å². The van der Waals surface area contributed by atoms with Crippen LogP contribution in [0.4, 0.5) is 0 Å². The molecular weight excluding hydrogens is 222 g/mol. The van der Waals surface area contributed by atoms with Crippen molar-refractivity contribution in [2.45, 2.75) is 39.3 Å². The van der Waals surface area contributed by atoms with Crippen molar-refractivity contribution in [1.82, 2.24) is 15.5 Å². The number of rotatable bonds is 6. The van der Waals surface area contributed by atoms with E-state index in [0.29, 0.717) is 6.04 Å². The van der Waals surface area contributed by atoms with Gasteiger partial charge in [0.15, 0.2) is 0 Å². The Morgan fingerprint density at radius 1 is 1.28 bits per heavy atom. The van der Waals surface area contributed by atoms with Gasteiger partial charge in [-0.2, -0.15) is 5.10 Å². The first-order valence-electron chi connectivity index (χ1n) is 6.62. The predicted molar refractivity (Wildman–Crippen MR) is 75.2 cm³/mol. The number of benzene rings is 1. The number of nitrogens with zero attached hydrogens (tertiary/aromatic N) is 1. The van der Waals surface area contributed by atoms with Crippen LogP contribution in [0.1, 0.15) is 32.3 Å². The van der Waals surface area contributed by atoms with Gasteiger partial charge in [-0.25, -0.2) is 0 Å². The highest BCUT2D eigenvalue weighted by Crippen LogP contribution is 2.20. The molecule has 0 fully saturated rings. The molecule has 0 aliphatic carbocycles. The highest BCUT2D eigenvalue weighted by Gasteiger charge is 2.08. The summed E-state index contributed by atoms with van der Waals surface area (Å²) in [7, 11) is 0. The fourth-order valence-electron chi connectivity index (χ4n) is 2.12. The van der Waals surface area contributed by atoms with Crippen LogP contribution >= 0.6 is 0 Å². The Morgan fingerprint density at radius 3 is 2.78 bits per heavy atom. The van der Waals surface area contributed by atoms with Gasteiger partial charge in [-0.15, -0.1) is 0 Å². The van der Waals surface area contributed by atoms with Crippen LogP contribution in [0.3, 0.4) is 0 Å². The van der Waals surface area contributed by atoms with E-state index >= 15 is 0 Å². The first kappa shape index (κ1) is 12.8. The molecule has 2 N–H and O–H groups in total. The van der Waals surface area contributed by atoms with E-state index in [4.69, 9.17) is 0 Å². The van der Waals surface area contributed by atoms with Crippen molar-refractivity contribution in [3.05, 3.63) is 42.1 Å². The van der Waals surface area contributed by atoms with Crippen LogP contribution in [0.25, 0.3) is 11.3 Å². The van der Waals surface area contributed by atoms with Crippen molar-refractivity contribution < 1.29 is 0 Å². The topological polar surface area (TPSA) is 40.7 Å². The molecule has 3 nitrogen and oxygen atoms in total. The lowest BCUT2D eigenvalue weighted by Crippen LogP contribution is -2.25. The molecule has 18 heavy (non-hydrogen) atoms. The van der Waals surface area contributed by atoms with Gasteiger partial charge >= 0.3 is 0 Å². The number of hydrogen-bond acceptors (Lipinski definition) is 2. The van der Waals surface area contributed by atoms with E-state index in [1.165, 1.54) is 24.0 Å².